The van der Waals surface area contributed by atoms with Gasteiger partial charge in [0.15, 0.2) is 0 Å². The fraction of sp³-hybridized carbons (Fsp3) is 0.857. The number of Topliss-reactive ketones (excluding diaryl/α,β-unsaturated/α-hetero) is 1. The topological polar surface area (TPSA) is 43.4 Å². The fourth-order valence-corrected chi connectivity index (χ4v) is 2.39. The molecule has 3 nitrogen and oxygen atoms in total. The molecule has 1 aliphatic rings. The van der Waals surface area contributed by atoms with E-state index in [4.69, 9.17) is 4.74 Å². The van der Waals surface area contributed by atoms with E-state index in [2.05, 4.69) is 0 Å². The SMILES string of the molecule is CC(=O)C1CCC(CC(=O)OC(C)(C)C)CC1. The summed E-state index contributed by atoms with van der Waals surface area (Å²) in [6.45, 7) is 7.32. The van der Waals surface area contributed by atoms with Gasteiger partial charge in [-0.1, -0.05) is 0 Å². The van der Waals surface area contributed by atoms with E-state index in [9.17, 15) is 9.59 Å². The molecule has 1 saturated carbocycles. The van der Waals surface area contributed by atoms with Crippen LogP contribution in [0, 0.1) is 11.8 Å². The van der Waals surface area contributed by atoms with Gasteiger partial charge in [-0.25, -0.2) is 0 Å². The lowest BCUT2D eigenvalue weighted by Crippen LogP contribution is -2.27. The Balaban J connectivity index is 2.31. The van der Waals surface area contributed by atoms with Crippen molar-refractivity contribution >= 4 is 11.8 Å². The van der Waals surface area contributed by atoms with Crippen LogP contribution in [-0.4, -0.2) is 17.4 Å². The first kappa shape index (κ1) is 14.2. The van der Waals surface area contributed by atoms with Crippen molar-refractivity contribution in [1.82, 2.24) is 0 Å². The van der Waals surface area contributed by atoms with Crippen molar-refractivity contribution in [3.8, 4) is 0 Å². The lowest BCUT2D eigenvalue weighted by atomic mass is 9.79. The minimum Gasteiger partial charge on any atom is -0.460 e. The van der Waals surface area contributed by atoms with Crippen molar-refractivity contribution in [3.05, 3.63) is 0 Å². The van der Waals surface area contributed by atoms with E-state index < -0.39 is 5.60 Å². The van der Waals surface area contributed by atoms with Crippen LogP contribution in [0.4, 0.5) is 0 Å². The Bertz CT molecular complexity index is 280. The lowest BCUT2D eigenvalue weighted by Gasteiger charge is -2.27. The minimum atomic E-state index is -0.395. The van der Waals surface area contributed by atoms with Crippen LogP contribution in [-0.2, 0) is 14.3 Å². The molecule has 0 aromatic carbocycles. The first-order valence-electron chi connectivity index (χ1n) is 6.50. The molecule has 17 heavy (non-hydrogen) atoms. The number of carbonyl (C=O) groups is 2. The predicted octanol–water partition coefficient (Wildman–Crippen LogP) is 3.11. The van der Waals surface area contributed by atoms with Gasteiger partial charge in [0, 0.05) is 12.3 Å². The van der Waals surface area contributed by atoms with E-state index in [0.29, 0.717) is 18.1 Å². The van der Waals surface area contributed by atoms with Gasteiger partial charge in [0.1, 0.15) is 11.4 Å². The van der Waals surface area contributed by atoms with Crippen molar-refractivity contribution < 1.29 is 14.3 Å². The van der Waals surface area contributed by atoms with Crippen LogP contribution in [0.5, 0.6) is 0 Å². The highest BCUT2D eigenvalue weighted by atomic mass is 16.6. The molecule has 0 bridgehead atoms. The van der Waals surface area contributed by atoms with E-state index in [1.54, 1.807) is 6.92 Å². The summed E-state index contributed by atoms with van der Waals surface area (Å²) in [5.41, 5.74) is -0.395. The molecule has 1 aliphatic carbocycles. The van der Waals surface area contributed by atoms with Gasteiger partial charge in [-0.2, -0.15) is 0 Å². The number of esters is 1. The molecule has 1 fully saturated rings. The quantitative estimate of drug-likeness (QED) is 0.712. The average Bonchev–Trinajstić information content (AvgIpc) is 2.15. The van der Waals surface area contributed by atoms with Crippen LogP contribution in [0.25, 0.3) is 0 Å². The van der Waals surface area contributed by atoms with Crippen molar-refractivity contribution in [3.63, 3.8) is 0 Å². The summed E-state index contributed by atoms with van der Waals surface area (Å²) in [4.78, 5) is 22.9. The molecule has 0 unspecified atom stereocenters. The van der Waals surface area contributed by atoms with E-state index >= 15 is 0 Å². The molecular weight excluding hydrogens is 216 g/mol. The third-order valence-corrected chi connectivity index (χ3v) is 3.30. The maximum absolute atomic E-state index is 11.7. The van der Waals surface area contributed by atoms with Crippen molar-refractivity contribution in [2.24, 2.45) is 11.8 Å². The zero-order chi connectivity index (χ0) is 13.1. The van der Waals surface area contributed by atoms with Gasteiger partial charge in [0.25, 0.3) is 0 Å². The largest absolute Gasteiger partial charge is 0.460 e. The van der Waals surface area contributed by atoms with Gasteiger partial charge >= 0.3 is 5.97 Å². The van der Waals surface area contributed by atoms with Crippen molar-refractivity contribution in [2.45, 2.75) is 65.4 Å². The average molecular weight is 240 g/mol. The number of rotatable bonds is 3. The molecule has 0 atom stereocenters. The van der Waals surface area contributed by atoms with Crippen LogP contribution in [0.3, 0.4) is 0 Å². The second kappa shape index (κ2) is 5.65. The standard InChI is InChI=1S/C14H24O3/c1-10(15)12-7-5-11(6-8-12)9-13(16)17-14(2,3)4/h11-12H,5-9H2,1-4H3. The number of carbonyl (C=O) groups excluding carboxylic acids is 2. The molecule has 0 aromatic rings. The van der Waals surface area contributed by atoms with Gasteiger partial charge in [-0.3, -0.25) is 9.59 Å². The Labute approximate surface area is 104 Å². The molecular formula is C14H24O3. The second-order valence-corrected chi connectivity index (χ2v) is 6.12. The highest BCUT2D eigenvalue weighted by molar-refractivity contribution is 5.78. The minimum absolute atomic E-state index is 0.108. The molecule has 0 amide bonds. The van der Waals surface area contributed by atoms with E-state index in [0.717, 1.165) is 25.7 Å². The summed E-state index contributed by atoms with van der Waals surface area (Å²) in [6.07, 6.45) is 4.32. The van der Waals surface area contributed by atoms with Crippen LogP contribution < -0.4 is 0 Å². The first-order chi connectivity index (χ1) is 7.78. The Morgan fingerprint density at radius 3 is 2.06 bits per heavy atom. The summed E-state index contributed by atoms with van der Waals surface area (Å²) >= 11 is 0. The highest BCUT2D eigenvalue weighted by Gasteiger charge is 2.27. The fourth-order valence-electron chi connectivity index (χ4n) is 2.39. The zero-order valence-electron chi connectivity index (χ0n) is 11.4. The van der Waals surface area contributed by atoms with Crippen LogP contribution in [0.1, 0.15) is 59.8 Å². The number of ether oxygens (including phenoxy) is 1. The summed E-state index contributed by atoms with van der Waals surface area (Å²) in [7, 11) is 0. The highest BCUT2D eigenvalue weighted by Crippen LogP contribution is 2.31. The monoisotopic (exact) mass is 240 g/mol. The van der Waals surface area contributed by atoms with E-state index in [1.165, 1.54) is 0 Å². The zero-order valence-corrected chi connectivity index (χ0v) is 11.4. The maximum Gasteiger partial charge on any atom is 0.306 e. The third-order valence-electron chi connectivity index (χ3n) is 3.30. The van der Waals surface area contributed by atoms with Crippen LogP contribution in [0.15, 0.2) is 0 Å². The Morgan fingerprint density at radius 1 is 1.12 bits per heavy atom. The molecule has 98 valence electrons. The summed E-state index contributed by atoms with van der Waals surface area (Å²) in [5, 5.41) is 0. The second-order valence-electron chi connectivity index (χ2n) is 6.12. The molecule has 0 saturated heterocycles. The molecule has 0 heterocycles. The molecule has 0 aromatic heterocycles. The van der Waals surface area contributed by atoms with Crippen LogP contribution in [0.2, 0.25) is 0 Å². The predicted molar refractivity (Wildman–Crippen MR) is 66.6 cm³/mol. The lowest BCUT2D eigenvalue weighted by molar-refractivity contribution is -0.156. The summed E-state index contributed by atoms with van der Waals surface area (Å²) in [6, 6.07) is 0. The van der Waals surface area contributed by atoms with E-state index in [-0.39, 0.29) is 11.9 Å². The number of ketones is 1. The van der Waals surface area contributed by atoms with Gasteiger partial charge in [0.05, 0.1) is 0 Å². The van der Waals surface area contributed by atoms with Gasteiger partial charge in [0.2, 0.25) is 0 Å². The maximum atomic E-state index is 11.7. The molecule has 0 spiro atoms. The summed E-state index contributed by atoms with van der Waals surface area (Å²) in [5.74, 6) is 0.815. The van der Waals surface area contributed by atoms with Gasteiger partial charge < -0.3 is 4.74 Å². The Hall–Kier alpha value is -0.860. The number of hydrogen-bond acceptors (Lipinski definition) is 3. The Kier molecular flexibility index (Phi) is 4.72. The molecule has 0 aliphatic heterocycles. The molecule has 0 radical (unpaired) electrons. The molecule has 1 rings (SSSR count). The first-order valence-corrected chi connectivity index (χ1v) is 6.50. The van der Waals surface area contributed by atoms with Gasteiger partial charge in [-0.15, -0.1) is 0 Å². The number of hydrogen-bond donors (Lipinski definition) is 0. The Morgan fingerprint density at radius 2 is 1.65 bits per heavy atom. The van der Waals surface area contributed by atoms with Crippen molar-refractivity contribution in [1.29, 1.82) is 0 Å². The summed E-state index contributed by atoms with van der Waals surface area (Å²) < 4.78 is 5.31. The van der Waals surface area contributed by atoms with Crippen LogP contribution >= 0.6 is 0 Å². The van der Waals surface area contributed by atoms with Gasteiger partial charge in [-0.05, 0) is 59.3 Å². The third kappa shape index (κ3) is 5.33. The molecule has 3 heteroatoms. The van der Waals surface area contributed by atoms with E-state index in [1.807, 2.05) is 20.8 Å². The molecule has 0 N–H and O–H groups in total. The smallest absolute Gasteiger partial charge is 0.306 e. The van der Waals surface area contributed by atoms with Crippen molar-refractivity contribution in [2.75, 3.05) is 0 Å². The normalized spacial score (nSPS) is 25.4.